The minimum atomic E-state index is -3.49. The lowest BCUT2D eigenvalue weighted by Crippen LogP contribution is -2.41. The number of ether oxygens (including phenoxy) is 1. The molecule has 0 aliphatic rings. The van der Waals surface area contributed by atoms with Gasteiger partial charge in [-0.1, -0.05) is 18.2 Å². The molecular weight excluding hydrogens is 354 g/mol. The summed E-state index contributed by atoms with van der Waals surface area (Å²) in [5, 5.41) is 2.69. The summed E-state index contributed by atoms with van der Waals surface area (Å²) in [6.45, 7) is 0.264. The number of aromatic nitrogens is 1. The van der Waals surface area contributed by atoms with E-state index in [9.17, 15) is 13.2 Å². The van der Waals surface area contributed by atoms with E-state index in [2.05, 4.69) is 10.3 Å². The van der Waals surface area contributed by atoms with Gasteiger partial charge in [-0.05, 0) is 36.2 Å². The molecule has 0 saturated heterocycles. The number of benzene rings is 1. The normalized spacial score (nSPS) is 11.3. The Balaban J connectivity index is 1.90. The van der Waals surface area contributed by atoms with Crippen molar-refractivity contribution in [2.24, 2.45) is 0 Å². The second kappa shape index (κ2) is 9.30. The minimum Gasteiger partial charge on any atom is -0.497 e. The molecule has 0 aliphatic carbocycles. The first kappa shape index (κ1) is 19.9. The first-order chi connectivity index (χ1) is 12.4. The lowest BCUT2D eigenvalue weighted by molar-refractivity contribution is -0.121. The number of hydrogen-bond acceptors (Lipinski definition) is 5. The van der Waals surface area contributed by atoms with E-state index in [0.29, 0.717) is 12.1 Å². The third kappa shape index (κ3) is 6.45. The van der Waals surface area contributed by atoms with Crippen LogP contribution < -0.4 is 10.1 Å². The van der Waals surface area contributed by atoms with Crippen molar-refractivity contribution in [3.8, 4) is 5.75 Å². The highest BCUT2D eigenvalue weighted by molar-refractivity contribution is 7.88. The Bertz CT molecular complexity index is 808. The summed E-state index contributed by atoms with van der Waals surface area (Å²) >= 11 is 0. The van der Waals surface area contributed by atoms with Crippen LogP contribution in [0.5, 0.6) is 5.75 Å². The van der Waals surface area contributed by atoms with Crippen molar-refractivity contribution in [2.45, 2.75) is 13.0 Å². The van der Waals surface area contributed by atoms with Gasteiger partial charge in [-0.2, -0.15) is 4.31 Å². The van der Waals surface area contributed by atoms with E-state index in [0.717, 1.165) is 17.6 Å². The Kier molecular flexibility index (Phi) is 7.11. The van der Waals surface area contributed by atoms with Gasteiger partial charge in [-0.25, -0.2) is 8.42 Å². The van der Waals surface area contributed by atoms with Crippen molar-refractivity contribution in [3.05, 3.63) is 59.9 Å². The number of carbonyl (C=O) groups excluding carboxylic acids is 1. The van der Waals surface area contributed by atoms with Crippen molar-refractivity contribution < 1.29 is 17.9 Å². The maximum atomic E-state index is 12.1. The van der Waals surface area contributed by atoms with Crippen molar-refractivity contribution in [2.75, 3.05) is 26.5 Å². The molecule has 8 heteroatoms. The molecule has 7 nitrogen and oxygen atoms in total. The van der Waals surface area contributed by atoms with E-state index in [1.165, 1.54) is 4.31 Å². The van der Waals surface area contributed by atoms with Gasteiger partial charge in [-0.3, -0.25) is 9.78 Å². The highest BCUT2D eigenvalue weighted by Crippen LogP contribution is 2.12. The lowest BCUT2D eigenvalue weighted by atomic mass is 10.1. The molecule has 1 aromatic carbocycles. The van der Waals surface area contributed by atoms with Crippen LogP contribution in [0.25, 0.3) is 0 Å². The average molecular weight is 377 g/mol. The molecular formula is C18H23N3O4S. The molecule has 1 aromatic heterocycles. The molecule has 1 amide bonds. The molecule has 2 aromatic rings. The summed E-state index contributed by atoms with van der Waals surface area (Å²) in [6.07, 6.45) is 3.25. The fourth-order valence-corrected chi connectivity index (χ4v) is 3.09. The number of nitrogens with zero attached hydrogens (tertiary/aromatic N) is 2. The van der Waals surface area contributed by atoms with E-state index >= 15 is 0 Å². The lowest BCUT2D eigenvalue weighted by Gasteiger charge is -2.19. The summed E-state index contributed by atoms with van der Waals surface area (Å²) in [5.74, 6) is 0.374. The van der Waals surface area contributed by atoms with Gasteiger partial charge in [0.25, 0.3) is 0 Å². The largest absolute Gasteiger partial charge is 0.497 e. The first-order valence-electron chi connectivity index (χ1n) is 8.13. The standard InChI is InChI=1S/C18H23N3O4S/c1-25-17-8-6-15(7-9-17)10-12-21(26(2,23)24)14-18(22)20-13-16-5-3-4-11-19-16/h3-9,11H,10,12-14H2,1-2H3,(H,20,22). The second-order valence-electron chi connectivity index (χ2n) is 5.79. The zero-order valence-electron chi connectivity index (χ0n) is 14.9. The summed E-state index contributed by atoms with van der Waals surface area (Å²) in [6, 6.07) is 12.8. The molecule has 0 fully saturated rings. The van der Waals surface area contributed by atoms with Gasteiger partial charge >= 0.3 is 0 Å². The number of pyridine rings is 1. The number of methoxy groups -OCH3 is 1. The van der Waals surface area contributed by atoms with Crippen LogP contribution in [0.3, 0.4) is 0 Å². The van der Waals surface area contributed by atoms with E-state index in [1.54, 1.807) is 25.4 Å². The van der Waals surface area contributed by atoms with Gasteiger partial charge in [0.1, 0.15) is 5.75 Å². The minimum absolute atomic E-state index is 0.220. The van der Waals surface area contributed by atoms with Gasteiger partial charge in [0.15, 0.2) is 0 Å². The monoisotopic (exact) mass is 377 g/mol. The number of amides is 1. The Morgan fingerprint density at radius 2 is 1.92 bits per heavy atom. The van der Waals surface area contributed by atoms with Crippen molar-refractivity contribution in [1.82, 2.24) is 14.6 Å². The average Bonchev–Trinajstić information content (AvgIpc) is 2.63. The van der Waals surface area contributed by atoms with Crippen LogP contribution in [0.15, 0.2) is 48.7 Å². The molecule has 0 radical (unpaired) electrons. The first-order valence-corrected chi connectivity index (χ1v) is 9.98. The number of carbonyl (C=O) groups is 1. The predicted octanol–water partition coefficient (Wildman–Crippen LogP) is 1.21. The van der Waals surface area contributed by atoms with Gasteiger partial charge in [0.05, 0.1) is 32.1 Å². The third-order valence-corrected chi connectivity index (χ3v) is 5.04. The van der Waals surface area contributed by atoms with Crippen molar-refractivity contribution in [1.29, 1.82) is 0 Å². The number of rotatable bonds is 9. The fraction of sp³-hybridized carbons (Fsp3) is 0.333. The third-order valence-electron chi connectivity index (χ3n) is 3.79. The Hall–Kier alpha value is -2.45. The van der Waals surface area contributed by atoms with Crippen LogP contribution >= 0.6 is 0 Å². The summed E-state index contributed by atoms with van der Waals surface area (Å²) in [4.78, 5) is 16.2. The van der Waals surface area contributed by atoms with Crippen LogP contribution in [0.1, 0.15) is 11.3 Å². The Labute approximate surface area is 154 Å². The van der Waals surface area contributed by atoms with E-state index in [1.807, 2.05) is 30.3 Å². The molecule has 0 bridgehead atoms. The Morgan fingerprint density at radius 1 is 1.19 bits per heavy atom. The maximum absolute atomic E-state index is 12.1. The predicted molar refractivity (Wildman–Crippen MR) is 99.2 cm³/mol. The topological polar surface area (TPSA) is 88.6 Å². The van der Waals surface area contributed by atoms with Crippen LogP contribution in [0.4, 0.5) is 0 Å². The molecule has 0 atom stereocenters. The molecule has 0 unspecified atom stereocenters. The fourth-order valence-electron chi connectivity index (χ4n) is 2.32. The van der Waals surface area contributed by atoms with E-state index in [4.69, 9.17) is 4.74 Å². The Morgan fingerprint density at radius 3 is 2.50 bits per heavy atom. The molecule has 1 heterocycles. The van der Waals surface area contributed by atoms with Crippen LogP contribution in [-0.2, 0) is 27.8 Å². The SMILES string of the molecule is COc1ccc(CCN(CC(=O)NCc2ccccn2)S(C)(=O)=O)cc1. The highest BCUT2D eigenvalue weighted by atomic mass is 32.2. The van der Waals surface area contributed by atoms with Gasteiger partial charge in [-0.15, -0.1) is 0 Å². The van der Waals surface area contributed by atoms with Gasteiger partial charge < -0.3 is 10.1 Å². The van der Waals surface area contributed by atoms with Crippen LogP contribution in [0.2, 0.25) is 0 Å². The van der Waals surface area contributed by atoms with Crippen LogP contribution in [-0.4, -0.2) is 50.1 Å². The van der Waals surface area contributed by atoms with E-state index < -0.39 is 10.0 Å². The van der Waals surface area contributed by atoms with Crippen LogP contribution in [0, 0.1) is 0 Å². The quantitative estimate of drug-likeness (QED) is 0.710. The number of nitrogens with one attached hydrogen (secondary N) is 1. The highest BCUT2D eigenvalue weighted by Gasteiger charge is 2.20. The molecule has 140 valence electrons. The second-order valence-corrected chi connectivity index (χ2v) is 7.77. The molecule has 1 N–H and O–H groups in total. The molecule has 26 heavy (non-hydrogen) atoms. The van der Waals surface area contributed by atoms with Crippen molar-refractivity contribution in [3.63, 3.8) is 0 Å². The van der Waals surface area contributed by atoms with Gasteiger partial charge in [0.2, 0.25) is 15.9 Å². The summed E-state index contributed by atoms with van der Waals surface area (Å²) in [7, 11) is -1.91. The molecule has 0 saturated carbocycles. The zero-order valence-corrected chi connectivity index (χ0v) is 15.7. The van der Waals surface area contributed by atoms with E-state index in [-0.39, 0.29) is 25.5 Å². The summed E-state index contributed by atoms with van der Waals surface area (Å²) in [5.41, 5.74) is 1.68. The zero-order chi connectivity index (χ0) is 19.0. The van der Waals surface area contributed by atoms with Gasteiger partial charge in [0, 0.05) is 12.7 Å². The number of hydrogen-bond donors (Lipinski definition) is 1. The van der Waals surface area contributed by atoms with Crippen molar-refractivity contribution >= 4 is 15.9 Å². The number of sulfonamides is 1. The smallest absolute Gasteiger partial charge is 0.235 e. The maximum Gasteiger partial charge on any atom is 0.235 e. The summed E-state index contributed by atoms with van der Waals surface area (Å²) < 4.78 is 30.2. The molecule has 2 rings (SSSR count). The molecule has 0 spiro atoms. The molecule has 0 aliphatic heterocycles.